The molecule has 2 atom stereocenters. The Morgan fingerprint density at radius 3 is 3.09 bits per heavy atom. The molecular formula is C16H25N5O2. The van der Waals surface area contributed by atoms with Crippen molar-refractivity contribution >= 4 is 17.7 Å². The molecule has 0 spiro atoms. The van der Waals surface area contributed by atoms with E-state index in [0.717, 1.165) is 51.4 Å². The van der Waals surface area contributed by atoms with Gasteiger partial charge in [0.2, 0.25) is 11.9 Å². The number of hydrogen-bond acceptors (Lipinski definition) is 6. The Morgan fingerprint density at radius 2 is 2.30 bits per heavy atom. The first-order valence-electron chi connectivity index (χ1n) is 8.46. The van der Waals surface area contributed by atoms with Gasteiger partial charge in [0.25, 0.3) is 0 Å². The van der Waals surface area contributed by atoms with Crippen LogP contribution in [0.25, 0.3) is 0 Å². The Kier molecular flexibility index (Phi) is 5.27. The molecule has 0 radical (unpaired) electrons. The van der Waals surface area contributed by atoms with Crippen molar-refractivity contribution in [1.82, 2.24) is 14.9 Å². The zero-order valence-corrected chi connectivity index (χ0v) is 13.6. The van der Waals surface area contributed by atoms with Gasteiger partial charge in [-0.1, -0.05) is 6.92 Å². The van der Waals surface area contributed by atoms with E-state index < -0.39 is 0 Å². The summed E-state index contributed by atoms with van der Waals surface area (Å²) in [5.74, 6) is 1.64. The molecule has 0 aliphatic carbocycles. The monoisotopic (exact) mass is 319 g/mol. The number of anilines is 2. The van der Waals surface area contributed by atoms with Crippen LogP contribution in [0.3, 0.4) is 0 Å². The minimum atomic E-state index is 0.211. The Bertz CT molecular complexity index is 533. The van der Waals surface area contributed by atoms with Crippen LogP contribution in [0, 0.1) is 0 Å². The molecule has 7 nitrogen and oxygen atoms in total. The lowest BCUT2D eigenvalue weighted by molar-refractivity contribution is -0.129. The highest BCUT2D eigenvalue weighted by Gasteiger charge is 2.25. The van der Waals surface area contributed by atoms with Crippen LogP contribution in [0.5, 0.6) is 0 Å². The lowest BCUT2D eigenvalue weighted by Gasteiger charge is -2.23. The zero-order chi connectivity index (χ0) is 16.1. The molecule has 0 bridgehead atoms. The van der Waals surface area contributed by atoms with Gasteiger partial charge < -0.3 is 20.3 Å². The van der Waals surface area contributed by atoms with Gasteiger partial charge in [0.05, 0.1) is 12.6 Å². The smallest absolute Gasteiger partial charge is 0.224 e. The molecule has 126 valence electrons. The van der Waals surface area contributed by atoms with E-state index in [1.54, 1.807) is 6.20 Å². The molecule has 2 aliphatic heterocycles. The van der Waals surface area contributed by atoms with Gasteiger partial charge in [-0.15, -0.1) is 0 Å². The van der Waals surface area contributed by atoms with Crippen LogP contribution in [0.2, 0.25) is 0 Å². The van der Waals surface area contributed by atoms with E-state index in [9.17, 15) is 4.79 Å². The second-order valence-electron chi connectivity index (χ2n) is 6.15. The minimum absolute atomic E-state index is 0.211. The predicted octanol–water partition coefficient (Wildman–Crippen LogP) is 1.49. The van der Waals surface area contributed by atoms with Gasteiger partial charge >= 0.3 is 0 Å². The Balaban J connectivity index is 1.54. The second kappa shape index (κ2) is 7.59. The summed E-state index contributed by atoms with van der Waals surface area (Å²) >= 11 is 0. The highest BCUT2D eigenvalue weighted by atomic mass is 16.5. The number of hydrogen-bond donors (Lipinski definition) is 2. The zero-order valence-electron chi connectivity index (χ0n) is 13.6. The van der Waals surface area contributed by atoms with Crippen LogP contribution >= 0.6 is 0 Å². The number of nitrogens with one attached hydrogen (secondary N) is 2. The van der Waals surface area contributed by atoms with E-state index in [1.807, 2.05) is 17.9 Å². The Hall–Kier alpha value is -1.89. The van der Waals surface area contributed by atoms with Crippen molar-refractivity contribution in [2.24, 2.45) is 0 Å². The van der Waals surface area contributed by atoms with Crippen LogP contribution in [-0.2, 0) is 9.53 Å². The molecule has 1 aromatic heterocycles. The third-order valence-electron chi connectivity index (χ3n) is 4.34. The highest BCUT2D eigenvalue weighted by Crippen LogP contribution is 2.17. The van der Waals surface area contributed by atoms with Crippen molar-refractivity contribution in [2.45, 2.75) is 44.7 Å². The van der Waals surface area contributed by atoms with Crippen molar-refractivity contribution < 1.29 is 9.53 Å². The minimum Gasteiger partial charge on any atom is -0.379 e. The summed E-state index contributed by atoms with van der Waals surface area (Å²) in [6.45, 7) is 5.01. The third-order valence-corrected chi connectivity index (χ3v) is 4.34. The molecule has 1 amide bonds. The molecule has 0 unspecified atom stereocenters. The molecule has 1 aromatic rings. The molecule has 3 heterocycles. The second-order valence-corrected chi connectivity index (χ2v) is 6.15. The number of likely N-dealkylation sites (tertiary alicyclic amines) is 1. The van der Waals surface area contributed by atoms with E-state index in [2.05, 4.69) is 20.6 Å². The molecule has 0 saturated carbocycles. The number of aromatic nitrogens is 2. The average Bonchev–Trinajstić information content (AvgIpc) is 3.04. The molecule has 2 aliphatic rings. The normalized spacial score (nSPS) is 24.5. The fourth-order valence-corrected chi connectivity index (χ4v) is 3.08. The summed E-state index contributed by atoms with van der Waals surface area (Å²) in [4.78, 5) is 22.5. The number of rotatable bonds is 5. The Labute approximate surface area is 136 Å². The first-order valence-corrected chi connectivity index (χ1v) is 8.46. The Morgan fingerprint density at radius 1 is 1.39 bits per heavy atom. The lowest BCUT2D eigenvalue weighted by atomic mass is 10.1. The maximum atomic E-state index is 11.7. The summed E-state index contributed by atoms with van der Waals surface area (Å²) in [7, 11) is 0. The lowest BCUT2D eigenvalue weighted by Crippen LogP contribution is -2.32. The van der Waals surface area contributed by atoms with E-state index in [4.69, 9.17) is 4.74 Å². The van der Waals surface area contributed by atoms with Gasteiger partial charge in [-0.25, -0.2) is 4.98 Å². The molecule has 23 heavy (non-hydrogen) atoms. The van der Waals surface area contributed by atoms with Crippen molar-refractivity contribution in [1.29, 1.82) is 0 Å². The fourth-order valence-electron chi connectivity index (χ4n) is 3.08. The first kappa shape index (κ1) is 16.0. The number of ether oxygens (including phenoxy) is 1. The SMILES string of the molecule is CCC(=O)N1CC[C@@H](Nc2nccc(N[C@H]3CCCOC3)n2)C1. The van der Waals surface area contributed by atoms with Crippen molar-refractivity contribution in [3.63, 3.8) is 0 Å². The number of carbonyl (C=O) groups is 1. The number of carbonyl (C=O) groups excluding carboxylic acids is 1. The number of amides is 1. The van der Waals surface area contributed by atoms with Gasteiger partial charge in [-0.05, 0) is 25.3 Å². The summed E-state index contributed by atoms with van der Waals surface area (Å²) in [5.41, 5.74) is 0. The fraction of sp³-hybridized carbons (Fsp3) is 0.688. The standard InChI is InChI=1S/C16H25N5O2/c1-2-15(22)21-8-6-12(10-21)19-16-17-7-5-14(20-16)18-13-4-3-9-23-11-13/h5,7,12-13H,2-4,6,8-11H2,1H3,(H2,17,18,19,20)/t12-,13+/m1/s1. The van der Waals surface area contributed by atoms with Crippen LogP contribution in [0.15, 0.2) is 12.3 Å². The summed E-state index contributed by atoms with van der Waals surface area (Å²) in [5, 5.41) is 6.74. The molecule has 2 saturated heterocycles. The van der Waals surface area contributed by atoms with Crippen LogP contribution in [0.4, 0.5) is 11.8 Å². The quantitative estimate of drug-likeness (QED) is 0.856. The maximum Gasteiger partial charge on any atom is 0.224 e. The molecular weight excluding hydrogens is 294 g/mol. The highest BCUT2D eigenvalue weighted by molar-refractivity contribution is 5.76. The van der Waals surface area contributed by atoms with Crippen molar-refractivity contribution in [3.8, 4) is 0 Å². The third kappa shape index (κ3) is 4.31. The van der Waals surface area contributed by atoms with Gasteiger partial charge in [0.1, 0.15) is 5.82 Å². The molecule has 3 rings (SSSR count). The largest absolute Gasteiger partial charge is 0.379 e. The molecule has 2 fully saturated rings. The van der Waals surface area contributed by atoms with E-state index in [0.29, 0.717) is 18.4 Å². The van der Waals surface area contributed by atoms with Gasteiger partial charge in [0.15, 0.2) is 0 Å². The molecule has 7 heteroatoms. The van der Waals surface area contributed by atoms with Crippen molar-refractivity contribution in [2.75, 3.05) is 36.9 Å². The van der Waals surface area contributed by atoms with Gasteiger partial charge in [-0.3, -0.25) is 4.79 Å². The van der Waals surface area contributed by atoms with Gasteiger partial charge in [0, 0.05) is 38.4 Å². The molecule has 0 aromatic carbocycles. The molecule has 2 N–H and O–H groups in total. The first-order chi connectivity index (χ1) is 11.2. The topological polar surface area (TPSA) is 79.4 Å². The van der Waals surface area contributed by atoms with E-state index in [1.165, 1.54) is 0 Å². The maximum absolute atomic E-state index is 11.7. The van der Waals surface area contributed by atoms with Crippen LogP contribution < -0.4 is 10.6 Å². The van der Waals surface area contributed by atoms with Crippen LogP contribution in [-0.4, -0.2) is 59.2 Å². The predicted molar refractivity (Wildman–Crippen MR) is 88.4 cm³/mol. The summed E-state index contributed by atoms with van der Waals surface area (Å²) in [6.07, 6.45) is 5.43. The van der Waals surface area contributed by atoms with Gasteiger partial charge in [-0.2, -0.15) is 4.98 Å². The summed E-state index contributed by atoms with van der Waals surface area (Å²) in [6, 6.07) is 2.41. The van der Waals surface area contributed by atoms with E-state index >= 15 is 0 Å². The number of nitrogens with zero attached hydrogens (tertiary/aromatic N) is 3. The summed E-state index contributed by atoms with van der Waals surface area (Å²) < 4.78 is 5.48. The average molecular weight is 319 g/mol. The van der Waals surface area contributed by atoms with E-state index in [-0.39, 0.29) is 11.9 Å². The van der Waals surface area contributed by atoms with Crippen molar-refractivity contribution in [3.05, 3.63) is 12.3 Å². The van der Waals surface area contributed by atoms with Crippen LogP contribution in [0.1, 0.15) is 32.6 Å².